The Morgan fingerprint density at radius 1 is 1.40 bits per heavy atom. The zero-order valence-corrected chi connectivity index (χ0v) is 12.4. The summed E-state index contributed by atoms with van der Waals surface area (Å²) in [5.74, 6) is 0.737. The highest BCUT2D eigenvalue weighted by Gasteiger charge is 2.40. The van der Waals surface area contributed by atoms with E-state index in [1.807, 2.05) is 24.3 Å². The molecule has 1 aromatic carbocycles. The van der Waals surface area contributed by atoms with E-state index in [0.717, 1.165) is 18.0 Å². The molecule has 2 rings (SSSR count). The van der Waals surface area contributed by atoms with E-state index < -0.39 is 0 Å². The molecule has 0 unspecified atom stereocenters. The van der Waals surface area contributed by atoms with Gasteiger partial charge in [-0.1, -0.05) is 19.4 Å². The molecule has 1 fully saturated rings. The molecule has 20 heavy (non-hydrogen) atoms. The SMILES string of the molecule is CCCC1(CNCC(=O)Nc2cccc(OC)c2)CC1. The van der Waals surface area contributed by atoms with E-state index in [1.54, 1.807) is 7.11 Å². The molecule has 1 aliphatic carbocycles. The van der Waals surface area contributed by atoms with Gasteiger partial charge in [-0.3, -0.25) is 4.79 Å². The third-order valence-corrected chi connectivity index (χ3v) is 3.88. The van der Waals surface area contributed by atoms with Crippen molar-refractivity contribution in [3.8, 4) is 5.75 Å². The van der Waals surface area contributed by atoms with Crippen LogP contribution in [0.5, 0.6) is 5.75 Å². The molecule has 0 heterocycles. The zero-order valence-electron chi connectivity index (χ0n) is 12.4. The lowest BCUT2D eigenvalue weighted by Crippen LogP contribution is -2.32. The van der Waals surface area contributed by atoms with Gasteiger partial charge in [0, 0.05) is 18.3 Å². The van der Waals surface area contributed by atoms with Crippen molar-refractivity contribution in [2.75, 3.05) is 25.5 Å². The predicted octanol–water partition coefficient (Wildman–Crippen LogP) is 2.80. The van der Waals surface area contributed by atoms with Gasteiger partial charge < -0.3 is 15.4 Å². The van der Waals surface area contributed by atoms with Crippen LogP contribution >= 0.6 is 0 Å². The van der Waals surface area contributed by atoms with Crippen LogP contribution in [0.2, 0.25) is 0 Å². The highest BCUT2D eigenvalue weighted by Crippen LogP contribution is 2.48. The van der Waals surface area contributed by atoms with Gasteiger partial charge in [-0.2, -0.15) is 0 Å². The second-order valence-electron chi connectivity index (χ2n) is 5.63. The molecule has 1 aliphatic rings. The van der Waals surface area contributed by atoms with Crippen LogP contribution in [0.4, 0.5) is 5.69 Å². The monoisotopic (exact) mass is 276 g/mol. The van der Waals surface area contributed by atoms with Crippen molar-refractivity contribution in [2.24, 2.45) is 5.41 Å². The molecule has 0 atom stereocenters. The molecular formula is C16H24N2O2. The van der Waals surface area contributed by atoms with E-state index in [9.17, 15) is 4.79 Å². The average Bonchev–Trinajstić information content (AvgIpc) is 3.19. The molecule has 0 spiro atoms. The minimum Gasteiger partial charge on any atom is -0.497 e. The van der Waals surface area contributed by atoms with Crippen molar-refractivity contribution >= 4 is 11.6 Å². The predicted molar refractivity (Wildman–Crippen MR) is 81.1 cm³/mol. The summed E-state index contributed by atoms with van der Waals surface area (Å²) < 4.78 is 5.13. The number of amides is 1. The maximum Gasteiger partial charge on any atom is 0.238 e. The fourth-order valence-electron chi connectivity index (χ4n) is 2.57. The van der Waals surface area contributed by atoms with Crippen molar-refractivity contribution in [2.45, 2.75) is 32.6 Å². The normalized spacial score (nSPS) is 15.7. The van der Waals surface area contributed by atoms with Crippen molar-refractivity contribution in [3.63, 3.8) is 0 Å². The van der Waals surface area contributed by atoms with Crippen LogP contribution in [0.25, 0.3) is 0 Å². The van der Waals surface area contributed by atoms with Gasteiger partial charge in [-0.25, -0.2) is 0 Å². The number of anilines is 1. The molecule has 0 aliphatic heterocycles. The summed E-state index contributed by atoms with van der Waals surface area (Å²) in [4.78, 5) is 11.9. The van der Waals surface area contributed by atoms with Crippen molar-refractivity contribution < 1.29 is 9.53 Å². The first kappa shape index (κ1) is 14.9. The van der Waals surface area contributed by atoms with Gasteiger partial charge in [0.2, 0.25) is 5.91 Å². The van der Waals surface area contributed by atoms with Crippen molar-refractivity contribution in [1.29, 1.82) is 0 Å². The molecule has 4 heteroatoms. The third kappa shape index (κ3) is 4.23. The minimum absolute atomic E-state index is 0.00875. The van der Waals surface area contributed by atoms with E-state index in [4.69, 9.17) is 4.74 Å². The second-order valence-corrected chi connectivity index (χ2v) is 5.63. The largest absolute Gasteiger partial charge is 0.497 e. The molecule has 1 saturated carbocycles. The maximum atomic E-state index is 11.9. The minimum atomic E-state index is -0.00875. The number of rotatable bonds is 8. The summed E-state index contributed by atoms with van der Waals surface area (Å²) in [5.41, 5.74) is 1.25. The maximum absolute atomic E-state index is 11.9. The lowest BCUT2D eigenvalue weighted by atomic mass is 10.0. The van der Waals surface area contributed by atoms with Crippen molar-refractivity contribution in [3.05, 3.63) is 24.3 Å². The van der Waals surface area contributed by atoms with Gasteiger partial charge in [0.15, 0.2) is 0 Å². The third-order valence-electron chi connectivity index (χ3n) is 3.88. The molecule has 1 aromatic rings. The fraction of sp³-hybridized carbons (Fsp3) is 0.562. The molecule has 0 saturated heterocycles. The average molecular weight is 276 g/mol. The summed E-state index contributed by atoms with van der Waals surface area (Å²) in [5, 5.41) is 6.15. The second kappa shape index (κ2) is 6.75. The summed E-state index contributed by atoms with van der Waals surface area (Å²) in [6.07, 6.45) is 5.08. The Kier molecular flexibility index (Phi) is 5.01. The smallest absolute Gasteiger partial charge is 0.238 e. The van der Waals surface area contributed by atoms with Crippen LogP contribution in [0, 0.1) is 5.41 Å². The number of methoxy groups -OCH3 is 1. The molecule has 110 valence electrons. The molecule has 1 amide bonds. The van der Waals surface area contributed by atoms with Gasteiger partial charge in [-0.15, -0.1) is 0 Å². The van der Waals surface area contributed by atoms with Gasteiger partial charge >= 0.3 is 0 Å². The molecule has 2 N–H and O–H groups in total. The Labute approximate surface area is 120 Å². The van der Waals surface area contributed by atoms with Crippen LogP contribution in [-0.4, -0.2) is 26.1 Å². The Morgan fingerprint density at radius 3 is 2.85 bits per heavy atom. The summed E-state index contributed by atoms with van der Waals surface area (Å²) >= 11 is 0. The first-order valence-electron chi connectivity index (χ1n) is 7.32. The number of hydrogen-bond donors (Lipinski definition) is 2. The topological polar surface area (TPSA) is 50.4 Å². The van der Waals surface area contributed by atoms with Gasteiger partial charge in [0.1, 0.15) is 5.75 Å². The molecule has 0 aromatic heterocycles. The zero-order chi connectivity index (χ0) is 14.4. The van der Waals surface area contributed by atoms with Crippen LogP contribution in [0.1, 0.15) is 32.6 Å². The van der Waals surface area contributed by atoms with Crippen LogP contribution in [0.15, 0.2) is 24.3 Å². The number of benzene rings is 1. The summed E-state index contributed by atoms with van der Waals surface area (Å²) in [6, 6.07) is 7.40. The van der Waals surface area contributed by atoms with Crippen LogP contribution in [0.3, 0.4) is 0 Å². The van der Waals surface area contributed by atoms with E-state index in [0.29, 0.717) is 12.0 Å². The highest BCUT2D eigenvalue weighted by atomic mass is 16.5. The quantitative estimate of drug-likeness (QED) is 0.767. The number of carbonyl (C=O) groups excluding carboxylic acids is 1. The highest BCUT2D eigenvalue weighted by molar-refractivity contribution is 5.92. The number of nitrogens with one attached hydrogen (secondary N) is 2. The van der Waals surface area contributed by atoms with E-state index in [1.165, 1.54) is 25.7 Å². The fourth-order valence-corrected chi connectivity index (χ4v) is 2.57. The first-order valence-corrected chi connectivity index (χ1v) is 7.32. The Bertz CT molecular complexity index is 456. The van der Waals surface area contributed by atoms with Gasteiger partial charge in [-0.05, 0) is 36.8 Å². The lowest BCUT2D eigenvalue weighted by molar-refractivity contribution is -0.115. The van der Waals surface area contributed by atoms with Gasteiger partial charge in [0.05, 0.1) is 13.7 Å². The molecule has 0 radical (unpaired) electrons. The Morgan fingerprint density at radius 2 is 2.20 bits per heavy atom. The lowest BCUT2D eigenvalue weighted by Gasteiger charge is -2.14. The van der Waals surface area contributed by atoms with Gasteiger partial charge in [0.25, 0.3) is 0 Å². The molecule has 4 nitrogen and oxygen atoms in total. The van der Waals surface area contributed by atoms with E-state index in [-0.39, 0.29) is 5.91 Å². The van der Waals surface area contributed by atoms with Crippen LogP contribution in [-0.2, 0) is 4.79 Å². The first-order chi connectivity index (χ1) is 9.67. The summed E-state index contributed by atoms with van der Waals surface area (Å²) in [7, 11) is 1.62. The molecular weight excluding hydrogens is 252 g/mol. The number of carbonyl (C=O) groups is 1. The van der Waals surface area contributed by atoms with E-state index in [2.05, 4.69) is 17.6 Å². The number of ether oxygens (including phenoxy) is 1. The Hall–Kier alpha value is -1.55. The number of hydrogen-bond acceptors (Lipinski definition) is 3. The molecule has 0 bridgehead atoms. The van der Waals surface area contributed by atoms with E-state index >= 15 is 0 Å². The summed E-state index contributed by atoms with van der Waals surface area (Å²) in [6.45, 7) is 3.53. The Balaban J connectivity index is 1.72. The standard InChI is InChI=1S/C16H24N2O2/c1-3-7-16(8-9-16)12-17-11-15(19)18-13-5-4-6-14(10-13)20-2/h4-6,10,17H,3,7-9,11-12H2,1-2H3,(H,18,19). The van der Waals surface area contributed by atoms with Crippen molar-refractivity contribution in [1.82, 2.24) is 5.32 Å². The van der Waals surface area contributed by atoms with Crippen LogP contribution < -0.4 is 15.4 Å².